The first-order chi connectivity index (χ1) is 34.8. The average molecular weight is 1090 g/mol. The van der Waals surface area contributed by atoms with Crippen LogP contribution in [0.1, 0.15) is 27.7 Å². The van der Waals surface area contributed by atoms with Crippen molar-refractivity contribution in [1.29, 1.82) is 0 Å². The van der Waals surface area contributed by atoms with Gasteiger partial charge in [0.2, 0.25) is 0 Å². The highest BCUT2D eigenvalue weighted by atomic mass is 16.8. The zero-order valence-corrected chi connectivity index (χ0v) is 40.1. The molecule has 7 aliphatic rings. The molecule has 0 unspecified atom stereocenters. The van der Waals surface area contributed by atoms with Gasteiger partial charge in [-0.15, -0.1) is 0 Å². The Morgan fingerprint density at radius 1 is 0.243 bits per heavy atom. The lowest BCUT2D eigenvalue weighted by Gasteiger charge is -2.51. The van der Waals surface area contributed by atoms with E-state index in [0.717, 1.165) is 0 Å². The molecule has 19 N–H and O–H groups in total. The zero-order chi connectivity index (χ0) is 54.5. The van der Waals surface area contributed by atoms with Crippen LogP contribution in [0, 0.1) is 0 Å². The van der Waals surface area contributed by atoms with E-state index < -0.39 is 235 Å². The summed E-state index contributed by atoms with van der Waals surface area (Å²) in [5, 5.41) is 205. The molecule has 32 heteroatoms. The van der Waals surface area contributed by atoms with Gasteiger partial charge >= 0.3 is 0 Å². The summed E-state index contributed by atoms with van der Waals surface area (Å²) in [7, 11) is 0. The van der Waals surface area contributed by atoms with Gasteiger partial charge < -0.3 is 159 Å². The molecule has 0 amide bonds. The lowest BCUT2D eigenvalue weighted by atomic mass is 9.94. The summed E-state index contributed by atoms with van der Waals surface area (Å²) in [6.07, 6.45) is -63.3. The van der Waals surface area contributed by atoms with E-state index in [4.69, 9.17) is 61.6 Å². The van der Waals surface area contributed by atoms with E-state index in [9.17, 15) is 97.0 Å². The molecular weight excluding hydrogens is 1020 g/mol. The summed E-state index contributed by atoms with van der Waals surface area (Å²) in [6, 6.07) is 0. The third kappa shape index (κ3) is 12.1. The van der Waals surface area contributed by atoms with Crippen LogP contribution in [0.4, 0.5) is 0 Å². The zero-order valence-electron chi connectivity index (χ0n) is 40.1. The van der Waals surface area contributed by atoms with Crippen LogP contribution in [0.5, 0.6) is 0 Å². The highest BCUT2D eigenvalue weighted by molar-refractivity contribution is 5.01. The van der Waals surface area contributed by atoms with E-state index in [2.05, 4.69) is 0 Å². The van der Waals surface area contributed by atoms with Gasteiger partial charge in [-0.1, -0.05) is 0 Å². The molecule has 7 aliphatic heterocycles. The maximum Gasteiger partial charge on any atom is 0.187 e. The Morgan fingerprint density at radius 3 is 1.07 bits per heavy atom. The van der Waals surface area contributed by atoms with Gasteiger partial charge in [-0.2, -0.15) is 0 Å². The topological polar surface area (TPSA) is 504 Å². The van der Waals surface area contributed by atoms with Gasteiger partial charge in [0.05, 0.1) is 44.2 Å². The fourth-order valence-electron chi connectivity index (χ4n) is 9.78. The molecule has 0 aliphatic carbocycles. The van der Waals surface area contributed by atoms with Crippen molar-refractivity contribution in [2.45, 2.75) is 243 Å². The average Bonchev–Trinajstić information content (AvgIpc) is 3.37. The highest BCUT2D eigenvalue weighted by Gasteiger charge is 2.59. The summed E-state index contributed by atoms with van der Waals surface area (Å²) >= 11 is 0. The van der Waals surface area contributed by atoms with E-state index in [0.29, 0.717) is 0 Å². The first kappa shape index (κ1) is 60.4. The predicted octanol–water partition coefficient (Wildman–Crippen LogP) is -12.2. The van der Waals surface area contributed by atoms with Crippen LogP contribution < -0.4 is 0 Å². The summed E-state index contributed by atoms with van der Waals surface area (Å²) in [4.78, 5) is 0. The number of aliphatic hydroxyl groups excluding tert-OH is 19. The quantitative estimate of drug-likeness (QED) is 0.0724. The van der Waals surface area contributed by atoms with Crippen molar-refractivity contribution < 1.29 is 159 Å². The van der Waals surface area contributed by atoms with Crippen molar-refractivity contribution in [1.82, 2.24) is 0 Å². The van der Waals surface area contributed by atoms with Gasteiger partial charge in [0, 0.05) is 0 Å². The van der Waals surface area contributed by atoms with Gasteiger partial charge in [0.25, 0.3) is 0 Å². The Hall–Kier alpha value is -1.28. The summed E-state index contributed by atoms with van der Waals surface area (Å²) in [6.45, 7) is 2.33. The normalized spacial score (nSPS) is 55.7. The molecule has 7 saturated heterocycles. The molecule has 0 aromatic carbocycles. The SMILES string of the molecule is C[C@@H]1O[C@@H](O[C@@H]2[C@@H](O)[C@@H](O[C@@H]3[C@@H](O)[C@H](C)O[C@H](O)[C@@H]3O)O[C@H](CO)[C@H]2O[C@@H]2O[C@H](CO)[C@@H](O[C@H]3O[C@@H](C)[C@H](O[C@@H]4O[C@H](CO)[C@@H](O)[C@H](O)[C@H]4O)[C@@H](O[C@@H]4O[C@@H](C)[C@H](O)[C@@H](O)[C@H]4O)[C@H]3O)[C@H](O)[C@H]2O)[C@H](O)[C@H](O)[C@H]1O. The van der Waals surface area contributed by atoms with Crippen LogP contribution in [0.25, 0.3) is 0 Å². The van der Waals surface area contributed by atoms with Crippen molar-refractivity contribution in [3.05, 3.63) is 0 Å². The van der Waals surface area contributed by atoms with Crippen LogP contribution in [0.15, 0.2) is 0 Å². The standard InChI is InChI=1S/C42H72O32/c1-8-15(46)19(50)23(54)37(63-8)73-34-28(59)41(65-11(4)30(34)69-39-25(56)21(52)18(49)12(5-43)66-39)70-31-13(6-44)67-40(26(57)22(31)53)71-32-14(7-45)68-42(72-33-17(48)10(3)62-36(61)27(33)58)29(60)35(32)74-38-24(55)20(51)16(47)9(2)64-38/h8-61H,5-7H2,1-4H3/t8-,9-,10-,11-,12+,13+,14+,15-,16-,17-,18+,19+,20+,21-,22+,23+,24+,25+,26+,27+,28+,29+,30-,31+,32+,33+,34-,35+,36-,37-,38-,39-,40-,41+,42+/m0/s1. The minimum atomic E-state index is -2.24. The molecule has 0 aromatic rings. The minimum Gasteiger partial charge on any atom is -0.394 e. The number of rotatable bonds is 15. The first-order valence-corrected chi connectivity index (χ1v) is 24.1. The molecule has 74 heavy (non-hydrogen) atoms. The molecule has 432 valence electrons. The van der Waals surface area contributed by atoms with Gasteiger partial charge in [0.1, 0.15) is 146 Å². The van der Waals surface area contributed by atoms with E-state index in [1.54, 1.807) is 0 Å². The number of aliphatic hydroxyl groups is 19. The van der Waals surface area contributed by atoms with Crippen molar-refractivity contribution >= 4 is 0 Å². The molecule has 7 fully saturated rings. The smallest absolute Gasteiger partial charge is 0.187 e. The Kier molecular flexibility index (Phi) is 20.4. The maximum atomic E-state index is 11.9. The van der Waals surface area contributed by atoms with Crippen LogP contribution in [-0.2, 0) is 61.6 Å². The lowest BCUT2D eigenvalue weighted by Crippen LogP contribution is -2.69. The fraction of sp³-hybridized carbons (Fsp3) is 1.00. The van der Waals surface area contributed by atoms with Crippen LogP contribution in [-0.4, -0.2) is 332 Å². The van der Waals surface area contributed by atoms with Crippen molar-refractivity contribution in [3.63, 3.8) is 0 Å². The number of hydrogen-bond acceptors (Lipinski definition) is 32. The summed E-state index contributed by atoms with van der Waals surface area (Å²) < 4.78 is 74.8. The summed E-state index contributed by atoms with van der Waals surface area (Å²) in [5.41, 5.74) is 0. The Morgan fingerprint density at radius 2 is 0.568 bits per heavy atom. The van der Waals surface area contributed by atoms with Gasteiger partial charge in [0.15, 0.2) is 44.0 Å². The first-order valence-electron chi connectivity index (χ1n) is 24.1. The second kappa shape index (κ2) is 25.0. The lowest BCUT2D eigenvalue weighted by molar-refractivity contribution is -0.408. The number of ether oxygens (including phenoxy) is 13. The highest BCUT2D eigenvalue weighted by Crippen LogP contribution is 2.39. The number of hydrogen-bond donors (Lipinski definition) is 19. The van der Waals surface area contributed by atoms with Gasteiger partial charge in [-0.05, 0) is 27.7 Å². The molecular formula is C42H72O32. The third-order valence-corrected chi connectivity index (χ3v) is 14.4. The van der Waals surface area contributed by atoms with E-state index in [1.165, 1.54) is 27.7 Å². The van der Waals surface area contributed by atoms with Crippen LogP contribution in [0.2, 0.25) is 0 Å². The molecule has 0 spiro atoms. The second-order valence-corrected chi connectivity index (χ2v) is 19.5. The Labute approximate surface area is 420 Å². The van der Waals surface area contributed by atoms with E-state index in [1.807, 2.05) is 0 Å². The van der Waals surface area contributed by atoms with Crippen LogP contribution >= 0.6 is 0 Å². The molecule has 7 rings (SSSR count). The molecule has 0 radical (unpaired) electrons. The summed E-state index contributed by atoms with van der Waals surface area (Å²) in [5.74, 6) is 0. The predicted molar refractivity (Wildman–Crippen MR) is 226 cm³/mol. The monoisotopic (exact) mass is 1090 g/mol. The van der Waals surface area contributed by atoms with E-state index in [-0.39, 0.29) is 0 Å². The molecule has 0 aromatic heterocycles. The largest absolute Gasteiger partial charge is 0.394 e. The second-order valence-electron chi connectivity index (χ2n) is 19.5. The van der Waals surface area contributed by atoms with Crippen molar-refractivity contribution in [2.75, 3.05) is 19.8 Å². The van der Waals surface area contributed by atoms with Gasteiger partial charge in [-0.25, -0.2) is 0 Å². The Bertz CT molecular complexity index is 1730. The van der Waals surface area contributed by atoms with E-state index >= 15 is 0 Å². The molecule has 0 saturated carbocycles. The van der Waals surface area contributed by atoms with Crippen molar-refractivity contribution in [3.8, 4) is 0 Å². The fourth-order valence-corrected chi connectivity index (χ4v) is 9.78. The molecule has 32 nitrogen and oxygen atoms in total. The minimum absolute atomic E-state index is 0.853. The van der Waals surface area contributed by atoms with Gasteiger partial charge in [-0.3, -0.25) is 0 Å². The molecule has 35 atom stereocenters. The Balaban J connectivity index is 1.12. The third-order valence-electron chi connectivity index (χ3n) is 14.4. The van der Waals surface area contributed by atoms with Crippen molar-refractivity contribution in [2.24, 2.45) is 0 Å². The van der Waals surface area contributed by atoms with Crippen LogP contribution in [0.3, 0.4) is 0 Å². The molecule has 7 heterocycles. The molecule has 0 bridgehead atoms. The maximum absolute atomic E-state index is 11.9.